The van der Waals surface area contributed by atoms with Crippen molar-refractivity contribution in [1.82, 2.24) is 9.97 Å². The van der Waals surface area contributed by atoms with Crippen molar-refractivity contribution in [2.75, 3.05) is 0 Å². The molecule has 4 nitrogen and oxygen atoms in total. The van der Waals surface area contributed by atoms with Crippen molar-refractivity contribution < 1.29 is 4.42 Å². The normalized spacial score (nSPS) is 15.2. The summed E-state index contributed by atoms with van der Waals surface area (Å²) >= 11 is 3.38. The first-order valence-electron chi connectivity index (χ1n) is 6.11. The van der Waals surface area contributed by atoms with Crippen molar-refractivity contribution in [2.24, 2.45) is 0 Å². The molecule has 2 heterocycles. The highest BCUT2D eigenvalue weighted by molar-refractivity contribution is 9.10. The zero-order chi connectivity index (χ0) is 12.5. The monoisotopic (exact) mass is 308 g/mol. The lowest BCUT2D eigenvalue weighted by Gasteiger charge is -2.05. The Bertz CT molecular complexity index is 630. The van der Waals surface area contributed by atoms with Crippen LogP contribution < -0.4 is 5.56 Å². The van der Waals surface area contributed by atoms with Crippen molar-refractivity contribution in [3.63, 3.8) is 0 Å². The number of furan rings is 1. The lowest BCUT2D eigenvalue weighted by Crippen LogP contribution is -2.18. The quantitative estimate of drug-likeness (QED) is 0.824. The zero-order valence-corrected chi connectivity index (χ0v) is 11.4. The van der Waals surface area contributed by atoms with Crippen molar-refractivity contribution in [1.29, 1.82) is 0 Å². The summed E-state index contributed by atoms with van der Waals surface area (Å²) in [7, 11) is 0. The molecule has 0 bridgehead atoms. The molecule has 5 heteroatoms. The number of H-pyrrole nitrogens is 1. The lowest BCUT2D eigenvalue weighted by atomic mass is 10.1. The molecule has 0 amide bonds. The smallest absolute Gasteiger partial charge is 0.254 e. The van der Waals surface area contributed by atoms with Gasteiger partial charge in [0.05, 0.1) is 16.4 Å². The van der Waals surface area contributed by atoms with E-state index in [0.29, 0.717) is 11.6 Å². The molecule has 0 spiro atoms. The average Bonchev–Trinajstić information content (AvgIpc) is 2.63. The number of aromatic amines is 1. The number of nitrogens with one attached hydrogen (secondary N) is 1. The van der Waals surface area contributed by atoms with Gasteiger partial charge in [-0.15, -0.1) is 0 Å². The van der Waals surface area contributed by atoms with Crippen LogP contribution in [0.5, 0.6) is 0 Å². The molecule has 0 aromatic carbocycles. The van der Waals surface area contributed by atoms with Crippen LogP contribution in [-0.2, 0) is 12.8 Å². The highest BCUT2D eigenvalue weighted by atomic mass is 79.9. The number of hydrogen-bond donors (Lipinski definition) is 1. The molecule has 0 unspecified atom stereocenters. The molecule has 94 valence electrons. The second kappa shape index (κ2) is 4.72. The Hall–Kier alpha value is -1.36. The molecule has 1 aliphatic rings. The van der Waals surface area contributed by atoms with Gasteiger partial charge in [0.15, 0.2) is 11.6 Å². The molecule has 3 rings (SSSR count). The van der Waals surface area contributed by atoms with Crippen LogP contribution in [-0.4, -0.2) is 9.97 Å². The minimum atomic E-state index is -0.0276. The Balaban J connectivity index is 2.14. The molecule has 0 radical (unpaired) electrons. The van der Waals surface area contributed by atoms with Gasteiger partial charge >= 0.3 is 0 Å². The van der Waals surface area contributed by atoms with Crippen LogP contribution in [0, 0.1) is 0 Å². The maximum absolute atomic E-state index is 12.1. The van der Waals surface area contributed by atoms with Crippen LogP contribution in [0.25, 0.3) is 11.6 Å². The molecular formula is C13H13BrN2O2. The van der Waals surface area contributed by atoms with Crippen molar-refractivity contribution in [3.8, 4) is 11.6 Å². The standard InChI is InChI=1S/C13H13BrN2O2/c14-9-6-7-18-11(9)12-15-10-5-3-1-2-4-8(10)13(17)16-12/h6-7H,1-5H2,(H,15,16,17). The van der Waals surface area contributed by atoms with E-state index in [0.717, 1.165) is 47.8 Å². The number of aromatic nitrogens is 2. The molecule has 0 atom stereocenters. The molecule has 2 aromatic heterocycles. The first kappa shape index (κ1) is 11.7. The molecule has 2 aromatic rings. The lowest BCUT2D eigenvalue weighted by molar-refractivity contribution is 0.574. The highest BCUT2D eigenvalue weighted by Crippen LogP contribution is 2.27. The van der Waals surface area contributed by atoms with Crippen LogP contribution >= 0.6 is 15.9 Å². The minimum absolute atomic E-state index is 0.0276. The summed E-state index contributed by atoms with van der Waals surface area (Å²) in [5, 5.41) is 0. The van der Waals surface area contributed by atoms with Crippen LogP contribution in [0.15, 0.2) is 26.0 Å². The Morgan fingerprint density at radius 2 is 2.11 bits per heavy atom. The second-order valence-electron chi connectivity index (χ2n) is 4.50. The fourth-order valence-corrected chi connectivity index (χ4v) is 2.74. The molecule has 0 aliphatic heterocycles. The molecule has 0 fully saturated rings. The summed E-state index contributed by atoms with van der Waals surface area (Å²) in [4.78, 5) is 19.5. The Morgan fingerprint density at radius 3 is 2.89 bits per heavy atom. The second-order valence-corrected chi connectivity index (χ2v) is 5.35. The van der Waals surface area contributed by atoms with E-state index < -0.39 is 0 Å². The van der Waals surface area contributed by atoms with Crippen LogP contribution in [0.1, 0.15) is 30.5 Å². The van der Waals surface area contributed by atoms with E-state index in [2.05, 4.69) is 25.9 Å². The van der Waals surface area contributed by atoms with Gasteiger partial charge in [-0.05, 0) is 47.7 Å². The van der Waals surface area contributed by atoms with Gasteiger partial charge in [-0.2, -0.15) is 0 Å². The average molecular weight is 309 g/mol. The molecule has 18 heavy (non-hydrogen) atoms. The zero-order valence-electron chi connectivity index (χ0n) is 9.83. The number of nitrogens with zero attached hydrogens (tertiary/aromatic N) is 1. The predicted molar refractivity (Wildman–Crippen MR) is 71.5 cm³/mol. The van der Waals surface area contributed by atoms with E-state index in [4.69, 9.17) is 4.42 Å². The molecule has 0 saturated heterocycles. The fraction of sp³-hybridized carbons (Fsp3) is 0.385. The predicted octanol–water partition coefficient (Wildman–Crippen LogP) is 3.06. The molecule has 1 aliphatic carbocycles. The van der Waals surface area contributed by atoms with Gasteiger partial charge in [0.1, 0.15) is 0 Å². The van der Waals surface area contributed by atoms with E-state index in [9.17, 15) is 4.79 Å². The summed E-state index contributed by atoms with van der Waals surface area (Å²) in [6.45, 7) is 0. The summed E-state index contributed by atoms with van der Waals surface area (Å²) in [6.07, 6.45) is 6.62. The highest BCUT2D eigenvalue weighted by Gasteiger charge is 2.17. The Labute approximate surface area is 113 Å². The molecule has 1 N–H and O–H groups in total. The van der Waals surface area contributed by atoms with Crippen molar-refractivity contribution in [2.45, 2.75) is 32.1 Å². The first-order chi connectivity index (χ1) is 8.75. The Morgan fingerprint density at radius 1 is 1.28 bits per heavy atom. The topological polar surface area (TPSA) is 58.9 Å². The number of aryl methyl sites for hydroxylation is 1. The third-order valence-corrected chi connectivity index (χ3v) is 3.90. The summed E-state index contributed by atoms with van der Waals surface area (Å²) in [5.74, 6) is 1.09. The van der Waals surface area contributed by atoms with Crippen LogP contribution in [0.2, 0.25) is 0 Å². The third-order valence-electron chi connectivity index (χ3n) is 3.27. The van der Waals surface area contributed by atoms with E-state index in [1.165, 1.54) is 0 Å². The van der Waals surface area contributed by atoms with Crippen molar-refractivity contribution >= 4 is 15.9 Å². The maximum Gasteiger partial charge on any atom is 0.254 e. The summed E-state index contributed by atoms with van der Waals surface area (Å²) < 4.78 is 6.15. The maximum atomic E-state index is 12.1. The van der Waals surface area contributed by atoms with Gasteiger partial charge in [0.25, 0.3) is 5.56 Å². The number of halogens is 1. The third kappa shape index (κ3) is 2.03. The van der Waals surface area contributed by atoms with Gasteiger partial charge in [-0.25, -0.2) is 4.98 Å². The van der Waals surface area contributed by atoms with E-state index >= 15 is 0 Å². The first-order valence-corrected chi connectivity index (χ1v) is 6.90. The minimum Gasteiger partial charge on any atom is -0.460 e. The van der Waals surface area contributed by atoms with Crippen LogP contribution in [0.3, 0.4) is 0 Å². The van der Waals surface area contributed by atoms with Crippen LogP contribution in [0.4, 0.5) is 0 Å². The number of rotatable bonds is 1. The van der Waals surface area contributed by atoms with E-state index in [-0.39, 0.29) is 5.56 Å². The SMILES string of the molecule is O=c1[nH]c(-c2occc2Br)nc2c1CCCCC2. The van der Waals surface area contributed by atoms with Gasteiger partial charge in [0, 0.05) is 5.56 Å². The molecular weight excluding hydrogens is 296 g/mol. The van der Waals surface area contributed by atoms with Gasteiger partial charge in [-0.1, -0.05) is 6.42 Å². The summed E-state index contributed by atoms with van der Waals surface area (Å²) in [5.41, 5.74) is 1.74. The Kier molecular flexibility index (Phi) is 3.07. The van der Waals surface area contributed by atoms with Gasteiger partial charge in [0.2, 0.25) is 0 Å². The molecule has 0 saturated carbocycles. The van der Waals surface area contributed by atoms with Crippen molar-refractivity contribution in [3.05, 3.63) is 38.4 Å². The fourth-order valence-electron chi connectivity index (χ4n) is 2.35. The number of hydrogen-bond acceptors (Lipinski definition) is 3. The largest absolute Gasteiger partial charge is 0.460 e. The van der Waals surface area contributed by atoms with Gasteiger partial charge in [-0.3, -0.25) is 4.79 Å². The summed E-state index contributed by atoms with van der Waals surface area (Å²) in [6, 6.07) is 1.79. The van der Waals surface area contributed by atoms with Gasteiger partial charge < -0.3 is 9.40 Å². The number of fused-ring (bicyclic) bond motifs is 1. The van der Waals surface area contributed by atoms with E-state index in [1.807, 2.05) is 0 Å². The van der Waals surface area contributed by atoms with E-state index in [1.54, 1.807) is 12.3 Å².